The van der Waals surface area contributed by atoms with Gasteiger partial charge < -0.3 is 14.9 Å². The number of fused-ring (bicyclic) bond motifs is 1. The van der Waals surface area contributed by atoms with Gasteiger partial charge in [0.1, 0.15) is 11.4 Å². The zero-order chi connectivity index (χ0) is 11.4. The van der Waals surface area contributed by atoms with Crippen LogP contribution in [0.4, 0.5) is 0 Å². The first-order valence-corrected chi connectivity index (χ1v) is 5.06. The summed E-state index contributed by atoms with van der Waals surface area (Å²) in [6.45, 7) is 7.56. The highest BCUT2D eigenvalue weighted by Crippen LogP contribution is 2.47. The van der Waals surface area contributed by atoms with Crippen molar-refractivity contribution in [3.05, 3.63) is 16.7 Å². The summed E-state index contributed by atoms with van der Waals surface area (Å²) in [5, 5.41) is 19.4. The van der Waals surface area contributed by atoms with Crippen LogP contribution in [-0.4, -0.2) is 15.8 Å². The van der Waals surface area contributed by atoms with Crippen LogP contribution in [0.2, 0.25) is 0 Å². The Bertz CT molecular complexity index is 394. The summed E-state index contributed by atoms with van der Waals surface area (Å²) in [6.07, 6.45) is 0.767. The normalized spacial score (nSPS) is 17.3. The first kappa shape index (κ1) is 10.1. The van der Waals surface area contributed by atoms with Crippen LogP contribution in [0.15, 0.2) is 0 Å². The Balaban J connectivity index is 2.69. The number of phenols is 2. The van der Waals surface area contributed by atoms with E-state index in [-0.39, 0.29) is 17.1 Å². The minimum atomic E-state index is -0.252. The molecule has 0 unspecified atom stereocenters. The molecule has 1 aliphatic rings. The van der Waals surface area contributed by atoms with Crippen molar-refractivity contribution in [1.82, 2.24) is 0 Å². The Morgan fingerprint density at radius 3 is 2.20 bits per heavy atom. The average Bonchev–Trinajstić information content (AvgIpc) is 2.48. The molecular weight excluding hydrogens is 192 g/mol. The second-order valence-corrected chi connectivity index (χ2v) is 4.79. The predicted octanol–water partition coefficient (Wildman–Crippen LogP) is 2.43. The van der Waals surface area contributed by atoms with Crippen molar-refractivity contribution in [1.29, 1.82) is 0 Å². The molecule has 0 aliphatic carbocycles. The molecule has 0 atom stereocenters. The predicted molar refractivity (Wildman–Crippen MR) is 57.7 cm³/mol. The van der Waals surface area contributed by atoms with Crippen molar-refractivity contribution in [2.75, 3.05) is 0 Å². The largest absolute Gasteiger partial charge is 0.504 e. The molecule has 82 valence electrons. The summed E-state index contributed by atoms with van der Waals surface area (Å²) in [7, 11) is 0. The van der Waals surface area contributed by atoms with Crippen LogP contribution in [0.3, 0.4) is 0 Å². The van der Waals surface area contributed by atoms with Crippen molar-refractivity contribution in [3.8, 4) is 17.2 Å². The Labute approximate surface area is 89.3 Å². The van der Waals surface area contributed by atoms with Crippen LogP contribution in [0.25, 0.3) is 0 Å². The lowest BCUT2D eigenvalue weighted by Gasteiger charge is -2.17. The third kappa shape index (κ3) is 1.34. The van der Waals surface area contributed by atoms with E-state index in [2.05, 4.69) is 0 Å². The molecule has 3 heteroatoms. The molecule has 0 radical (unpaired) electrons. The number of hydrogen-bond acceptors (Lipinski definition) is 3. The Kier molecular flexibility index (Phi) is 1.90. The van der Waals surface area contributed by atoms with Crippen molar-refractivity contribution >= 4 is 0 Å². The highest BCUT2D eigenvalue weighted by Gasteiger charge is 2.34. The van der Waals surface area contributed by atoms with Crippen molar-refractivity contribution in [2.45, 2.75) is 39.7 Å². The second-order valence-electron chi connectivity index (χ2n) is 4.79. The van der Waals surface area contributed by atoms with Gasteiger partial charge in [0.2, 0.25) is 0 Å². The lowest BCUT2D eigenvalue weighted by molar-refractivity contribution is 0.137. The zero-order valence-electron chi connectivity index (χ0n) is 9.51. The number of aromatic hydroxyl groups is 2. The van der Waals surface area contributed by atoms with Crippen molar-refractivity contribution in [3.63, 3.8) is 0 Å². The van der Waals surface area contributed by atoms with Crippen LogP contribution in [0.5, 0.6) is 17.2 Å². The molecule has 3 nitrogen and oxygen atoms in total. The molecule has 0 spiro atoms. The molecule has 15 heavy (non-hydrogen) atoms. The monoisotopic (exact) mass is 208 g/mol. The number of hydrogen-bond donors (Lipinski definition) is 2. The molecule has 0 bridgehead atoms. The molecule has 1 aromatic carbocycles. The highest BCUT2D eigenvalue weighted by atomic mass is 16.5. The van der Waals surface area contributed by atoms with Gasteiger partial charge in [-0.2, -0.15) is 0 Å². The third-order valence-electron chi connectivity index (χ3n) is 2.98. The van der Waals surface area contributed by atoms with Crippen LogP contribution in [-0.2, 0) is 6.42 Å². The van der Waals surface area contributed by atoms with E-state index in [0.29, 0.717) is 5.56 Å². The molecule has 0 fully saturated rings. The maximum absolute atomic E-state index is 9.72. The van der Waals surface area contributed by atoms with Gasteiger partial charge in [-0.15, -0.1) is 0 Å². The Hall–Kier alpha value is -1.38. The fourth-order valence-electron chi connectivity index (χ4n) is 2.09. The van der Waals surface area contributed by atoms with Gasteiger partial charge in [-0.1, -0.05) is 0 Å². The van der Waals surface area contributed by atoms with Crippen LogP contribution in [0, 0.1) is 13.8 Å². The fraction of sp³-hybridized carbons (Fsp3) is 0.500. The first-order valence-electron chi connectivity index (χ1n) is 5.06. The standard InChI is InChI=1S/C12H16O3/c1-6-8-5-12(3,4)15-11(8)7(2)10(14)9(6)13/h13-14H,5H2,1-4H3. The van der Waals surface area contributed by atoms with E-state index >= 15 is 0 Å². The summed E-state index contributed by atoms with van der Waals surface area (Å²) in [6, 6.07) is 0. The topological polar surface area (TPSA) is 49.7 Å². The molecule has 2 rings (SSSR count). The molecule has 2 N–H and O–H groups in total. The maximum atomic E-state index is 9.72. The Morgan fingerprint density at radius 1 is 1.07 bits per heavy atom. The quantitative estimate of drug-likeness (QED) is 0.644. The molecular formula is C12H16O3. The van der Waals surface area contributed by atoms with Crippen LogP contribution < -0.4 is 4.74 Å². The lowest BCUT2D eigenvalue weighted by Crippen LogP contribution is -2.24. The SMILES string of the molecule is Cc1c(O)c(O)c(C)c2c1CC(C)(C)O2. The maximum Gasteiger partial charge on any atom is 0.164 e. The molecule has 0 saturated heterocycles. The molecule has 0 saturated carbocycles. The van der Waals surface area contributed by atoms with E-state index in [4.69, 9.17) is 4.74 Å². The molecule has 1 heterocycles. The second kappa shape index (κ2) is 2.81. The van der Waals surface area contributed by atoms with Gasteiger partial charge in [0.15, 0.2) is 11.5 Å². The summed E-state index contributed by atoms with van der Waals surface area (Å²) < 4.78 is 5.77. The van der Waals surface area contributed by atoms with Crippen LogP contribution in [0.1, 0.15) is 30.5 Å². The Morgan fingerprint density at radius 2 is 1.60 bits per heavy atom. The summed E-state index contributed by atoms with van der Waals surface area (Å²) in [5.41, 5.74) is 2.10. The van der Waals surface area contributed by atoms with E-state index in [9.17, 15) is 10.2 Å². The van der Waals surface area contributed by atoms with Gasteiger partial charge in [0, 0.05) is 23.1 Å². The van der Waals surface area contributed by atoms with E-state index < -0.39 is 0 Å². The molecule has 1 aliphatic heterocycles. The van der Waals surface area contributed by atoms with Gasteiger partial charge in [0.05, 0.1) is 0 Å². The summed E-state index contributed by atoms with van der Waals surface area (Å²) in [5.74, 6) is 0.643. The van der Waals surface area contributed by atoms with Crippen molar-refractivity contribution < 1.29 is 14.9 Å². The van der Waals surface area contributed by atoms with Gasteiger partial charge in [-0.25, -0.2) is 0 Å². The minimum Gasteiger partial charge on any atom is -0.504 e. The van der Waals surface area contributed by atoms with Crippen LogP contribution >= 0.6 is 0 Å². The first-order chi connectivity index (χ1) is 6.83. The lowest BCUT2D eigenvalue weighted by atomic mass is 9.95. The number of ether oxygens (including phenoxy) is 1. The third-order valence-corrected chi connectivity index (χ3v) is 2.98. The average molecular weight is 208 g/mol. The smallest absolute Gasteiger partial charge is 0.164 e. The number of rotatable bonds is 0. The van der Waals surface area contributed by atoms with Crippen molar-refractivity contribution in [2.24, 2.45) is 0 Å². The van der Waals surface area contributed by atoms with E-state index in [0.717, 1.165) is 23.3 Å². The fourth-order valence-corrected chi connectivity index (χ4v) is 2.09. The molecule has 0 aromatic heterocycles. The minimum absolute atomic E-state index is 0.0208. The molecule has 1 aromatic rings. The highest BCUT2D eigenvalue weighted by molar-refractivity contribution is 5.62. The number of phenolic OH excluding ortho intramolecular Hbond substituents is 2. The van der Waals surface area contributed by atoms with Gasteiger partial charge in [-0.3, -0.25) is 0 Å². The van der Waals surface area contributed by atoms with E-state index in [1.807, 2.05) is 13.8 Å². The summed E-state index contributed by atoms with van der Waals surface area (Å²) >= 11 is 0. The summed E-state index contributed by atoms with van der Waals surface area (Å²) in [4.78, 5) is 0. The number of benzene rings is 1. The van der Waals surface area contributed by atoms with E-state index in [1.54, 1.807) is 13.8 Å². The van der Waals surface area contributed by atoms with Gasteiger partial charge >= 0.3 is 0 Å². The molecule has 0 amide bonds. The van der Waals surface area contributed by atoms with Gasteiger partial charge in [-0.05, 0) is 27.7 Å². The van der Waals surface area contributed by atoms with E-state index in [1.165, 1.54) is 0 Å². The van der Waals surface area contributed by atoms with Gasteiger partial charge in [0.25, 0.3) is 0 Å². The zero-order valence-corrected chi connectivity index (χ0v) is 9.51.